The molecular weight excluding hydrogens is 1530 g/mol. The summed E-state index contributed by atoms with van der Waals surface area (Å²) in [5.41, 5.74) is 9.78. The molecule has 15 aromatic rings. The van der Waals surface area contributed by atoms with Crippen LogP contribution in [0.15, 0.2) is 210 Å². The fourth-order valence-corrected chi connectivity index (χ4v) is 12.2. The molecule has 0 bridgehead atoms. The van der Waals surface area contributed by atoms with Gasteiger partial charge in [0.1, 0.15) is 17.3 Å². The number of benzene rings is 5. The second kappa shape index (κ2) is 35.9. The number of hydrogen-bond acceptors (Lipinski definition) is 11. The van der Waals surface area contributed by atoms with E-state index in [-0.39, 0.29) is 93.2 Å². The Morgan fingerprint density at radius 2 is 0.850 bits per heavy atom. The Bertz CT molecular complexity index is 5820. The van der Waals surface area contributed by atoms with E-state index in [4.69, 9.17) is 81.8 Å². The average Bonchev–Trinajstić information content (AvgIpc) is 1.19. The molecule has 0 radical (unpaired) electrons. The zero-order chi connectivity index (χ0) is 75.5. The van der Waals surface area contributed by atoms with Gasteiger partial charge in [0, 0.05) is 164 Å². The highest BCUT2D eigenvalue weighted by atomic mass is 35.5. The molecule has 0 spiro atoms. The smallest absolute Gasteiger partial charge is 0.335 e. The molecule has 0 aliphatic carbocycles. The quantitative estimate of drug-likeness (QED) is 0.0395. The molecule has 0 unspecified atom stereocenters. The van der Waals surface area contributed by atoms with Crippen molar-refractivity contribution >= 4 is 165 Å². The molecule has 0 aliphatic rings. The minimum absolute atomic E-state index is 0. The molecule has 0 aliphatic heterocycles. The van der Waals surface area contributed by atoms with Gasteiger partial charge in [-0.15, -0.1) is 12.4 Å². The van der Waals surface area contributed by atoms with E-state index in [2.05, 4.69) is 45.5 Å². The summed E-state index contributed by atoms with van der Waals surface area (Å²) in [6.45, 7) is 0.660. The van der Waals surface area contributed by atoms with Crippen molar-refractivity contribution in [2.75, 3.05) is 7.15 Å². The number of aromatic nitrogens is 10. The van der Waals surface area contributed by atoms with Crippen molar-refractivity contribution in [3.8, 4) is 0 Å². The monoisotopic (exact) mass is 1590 g/mol. The van der Waals surface area contributed by atoms with Gasteiger partial charge in [-0.05, 0) is 135 Å². The molecule has 0 atom stereocenters. The fraction of sp³-hybridized carbons (Fsp3) is 0.105. The maximum atomic E-state index is 14.4. The number of nitrogens with two attached hydrogens (primary N) is 1. The first-order valence-corrected chi connectivity index (χ1v) is 33.5. The SMILES string of the molecule is C.Cl.NCc1cc2c(Cl)c[nH]c2nc1F.O=C(NCc1cc2c(Cl)c[nH]c2cc1F)c1ccnc(Cn2cc3cc(Cl)ccc3cc2=O)c1.O=C(NCc1cc2c(Cl)c[nH]c2cc1F)c1ccnc(Cn2cc3cc(Cl)ccc3cc2=O)c1.O=C(O)c1ccnc(Cn2cc3cc(Cl)ccc3cc2=O)c1.[2H]CF. The number of H-pyrrole nitrogens is 3. The van der Waals surface area contributed by atoms with Crippen LogP contribution in [-0.2, 0) is 39.3 Å². The van der Waals surface area contributed by atoms with Gasteiger partial charge in [-0.2, -0.15) is 4.39 Å². The van der Waals surface area contributed by atoms with Crippen molar-refractivity contribution in [2.45, 2.75) is 46.7 Å². The Hall–Kier alpha value is -10.9. The van der Waals surface area contributed by atoms with E-state index in [1.807, 2.05) is 0 Å². The molecule has 10 heterocycles. The predicted molar refractivity (Wildman–Crippen MR) is 415 cm³/mol. The number of rotatable bonds is 14. The van der Waals surface area contributed by atoms with Crippen LogP contribution in [0.25, 0.3) is 65.2 Å². The van der Waals surface area contributed by atoms with E-state index in [1.54, 1.807) is 134 Å². The zero-order valence-electron chi connectivity index (χ0n) is 55.7. The Morgan fingerprint density at radius 3 is 1.23 bits per heavy atom. The summed E-state index contributed by atoms with van der Waals surface area (Å²) in [4.78, 5) is 98.4. The van der Waals surface area contributed by atoms with E-state index in [1.165, 1.54) is 74.8 Å². The van der Waals surface area contributed by atoms with Gasteiger partial charge in [0.25, 0.3) is 28.5 Å². The summed E-state index contributed by atoms with van der Waals surface area (Å²) in [5.74, 6) is -3.24. The maximum Gasteiger partial charge on any atom is 0.335 e. The summed E-state index contributed by atoms with van der Waals surface area (Å²) in [6, 6.07) is 37.2. The number of amides is 2. The molecule has 107 heavy (non-hydrogen) atoms. The predicted octanol–water partition coefficient (Wildman–Crippen LogP) is 16.9. The highest BCUT2D eigenvalue weighted by Gasteiger charge is 2.17. The van der Waals surface area contributed by atoms with Gasteiger partial charge in [0.05, 0.1) is 65.9 Å². The Kier molecular flexibility index (Phi) is 26.4. The minimum Gasteiger partial charge on any atom is -0.478 e. The first-order chi connectivity index (χ1) is 50.9. The van der Waals surface area contributed by atoms with Crippen molar-refractivity contribution in [3.05, 3.63) is 325 Å². The molecule has 20 nitrogen and oxygen atoms in total. The minimum atomic E-state index is -1.03. The molecule has 5 aromatic carbocycles. The number of fused-ring (bicyclic) bond motifs is 6. The number of carbonyl (C=O) groups excluding carboxylic acids is 2. The van der Waals surface area contributed by atoms with Gasteiger partial charge in [0.2, 0.25) is 5.95 Å². The highest BCUT2D eigenvalue weighted by Crippen LogP contribution is 2.29. The third-order valence-electron chi connectivity index (χ3n) is 16.3. The molecule has 548 valence electrons. The molecule has 8 N–H and O–H groups in total. The molecule has 0 saturated carbocycles. The van der Waals surface area contributed by atoms with Crippen LogP contribution in [0.1, 0.15) is 73.6 Å². The second-order valence-electron chi connectivity index (χ2n) is 23.2. The number of halogens is 11. The van der Waals surface area contributed by atoms with Crippen LogP contribution in [0.3, 0.4) is 0 Å². The van der Waals surface area contributed by atoms with E-state index in [0.717, 1.165) is 32.3 Å². The average molecular weight is 1590 g/mol. The fourth-order valence-electron chi connectivity index (χ4n) is 11.0. The summed E-state index contributed by atoms with van der Waals surface area (Å²) >= 11 is 36.1. The number of aromatic carboxylic acids is 1. The number of carboxylic acids is 1. The van der Waals surface area contributed by atoms with Gasteiger partial charge in [-0.1, -0.05) is 95.2 Å². The Morgan fingerprint density at radius 1 is 0.495 bits per heavy atom. The maximum absolute atomic E-state index is 14.4. The van der Waals surface area contributed by atoms with Crippen molar-refractivity contribution in [1.29, 1.82) is 0 Å². The molecular formula is C76H60Cl7F4N13O7. The number of carboxylic acid groups (broad SMARTS) is 1. The van der Waals surface area contributed by atoms with Gasteiger partial charge >= 0.3 is 5.97 Å². The van der Waals surface area contributed by atoms with E-state index >= 15 is 0 Å². The van der Waals surface area contributed by atoms with E-state index < -0.39 is 30.7 Å². The summed E-state index contributed by atoms with van der Waals surface area (Å²) < 4.78 is 61.9. The van der Waals surface area contributed by atoms with Gasteiger partial charge in [-0.3, -0.25) is 43.3 Å². The number of pyridine rings is 7. The van der Waals surface area contributed by atoms with Crippen molar-refractivity contribution in [1.82, 2.24) is 59.2 Å². The van der Waals surface area contributed by atoms with Crippen LogP contribution >= 0.6 is 82.0 Å². The number of alkyl halides is 1. The van der Waals surface area contributed by atoms with Crippen LogP contribution in [0.5, 0.6) is 0 Å². The van der Waals surface area contributed by atoms with Gasteiger partial charge < -0.3 is 50.1 Å². The number of aromatic amines is 3. The summed E-state index contributed by atoms with van der Waals surface area (Å²) in [5, 5.41) is 24.6. The van der Waals surface area contributed by atoms with Crippen LogP contribution in [0, 0.1) is 17.6 Å². The normalized spacial score (nSPS) is 10.9. The Labute approximate surface area is 642 Å². The number of nitrogens with one attached hydrogen (secondary N) is 5. The molecule has 10 aromatic heterocycles. The van der Waals surface area contributed by atoms with Crippen molar-refractivity contribution < 1.29 is 38.4 Å². The lowest BCUT2D eigenvalue weighted by molar-refractivity contribution is 0.0695. The molecule has 0 fully saturated rings. The lowest BCUT2D eigenvalue weighted by atomic mass is 10.1. The van der Waals surface area contributed by atoms with Crippen molar-refractivity contribution in [2.24, 2.45) is 5.73 Å². The van der Waals surface area contributed by atoms with Crippen LogP contribution in [0.4, 0.5) is 17.6 Å². The lowest BCUT2D eigenvalue weighted by Crippen LogP contribution is -2.24. The number of carbonyl (C=O) groups is 3. The molecule has 31 heteroatoms. The van der Waals surface area contributed by atoms with Crippen LogP contribution in [0.2, 0.25) is 30.1 Å². The van der Waals surface area contributed by atoms with E-state index in [0.29, 0.717) is 108 Å². The first-order valence-electron chi connectivity index (χ1n) is 31.9. The Balaban J connectivity index is 0.000000171. The number of nitrogens with zero attached hydrogens (tertiary/aromatic N) is 7. The molecule has 0 saturated heterocycles. The van der Waals surface area contributed by atoms with Gasteiger partial charge in [-0.25, -0.2) is 18.6 Å². The van der Waals surface area contributed by atoms with Crippen LogP contribution in [-0.4, -0.2) is 78.6 Å². The topological polar surface area (TPSA) is 286 Å². The summed E-state index contributed by atoms with van der Waals surface area (Å²) in [7, 11) is -1.00. The third kappa shape index (κ3) is 19.6. The second-order valence-corrected chi connectivity index (χ2v) is 25.8. The largest absolute Gasteiger partial charge is 0.478 e. The van der Waals surface area contributed by atoms with Gasteiger partial charge in [0.15, 0.2) is 0 Å². The summed E-state index contributed by atoms with van der Waals surface area (Å²) in [6.07, 6.45) is 14.3. The van der Waals surface area contributed by atoms with Crippen molar-refractivity contribution in [3.63, 3.8) is 0 Å². The van der Waals surface area contributed by atoms with Crippen LogP contribution < -0.4 is 33.0 Å². The number of hydrogen-bond donors (Lipinski definition) is 7. The third-order valence-corrected chi connectivity index (χ3v) is 17.9. The van der Waals surface area contributed by atoms with E-state index in [9.17, 15) is 46.3 Å². The molecule has 15 rings (SSSR count). The zero-order valence-corrected chi connectivity index (χ0v) is 60.1. The first kappa shape index (κ1) is 78.7. The highest BCUT2D eigenvalue weighted by molar-refractivity contribution is 6.36. The lowest BCUT2D eigenvalue weighted by Gasteiger charge is -2.10. The standard InChI is InChI=1S/2C25H17Cl2FN4O2.C16H11ClN2O3.C8H7ClFN3.CH3F.CH4.ClH/c2*26-18-2-1-14-8-24(33)32(12-17(14)5-18)13-19-6-15(3-4-29-19)25(34)31-10-16-7-20-21(27)11-30-23(20)9-22(16)28;17-13-2-1-10-7-15(20)19(8-12(10)5-13)9-14-6-11(16(21)22)3-4-18-14;9-6-3-12-8-5(6)1-4(2-11)7(10)13-8;1-2;;/h2*1-9,11-12,30H,10,13H2,(H,31,34);1-8H,9H2,(H,21,22);1,3H,2,11H2,(H,12,13);1H3;1H4;1H/i;;;;1D;;. The molecule has 2 amide bonds.